The van der Waals surface area contributed by atoms with Crippen molar-refractivity contribution >= 4 is 49.2 Å². The third-order valence-electron chi connectivity index (χ3n) is 10.2. The molecule has 0 spiro atoms. The predicted octanol–water partition coefficient (Wildman–Crippen LogP) is 12.8. The summed E-state index contributed by atoms with van der Waals surface area (Å²) in [6, 6.07) is 51.9. The molecule has 254 valence electrons. The number of nitrogens with zero attached hydrogens (tertiary/aromatic N) is 2. The Labute approximate surface area is 307 Å². The molecule has 0 aliphatic rings. The fourth-order valence-electron chi connectivity index (χ4n) is 7.73. The number of aromatic nitrogens is 2. The molecule has 0 fully saturated rings. The summed E-state index contributed by atoms with van der Waals surface area (Å²) in [5, 5.41) is 25.3. The molecule has 0 bridgehead atoms. The van der Waals surface area contributed by atoms with Gasteiger partial charge in [-0.1, -0.05) is 97.6 Å². The van der Waals surface area contributed by atoms with Gasteiger partial charge in [-0.3, -0.25) is 0 Å². The summed E-state index contributed by atoms with van der Waals surface area (Å²) in [5.41, 5.74) is 12.9. The van der Waals surface area contributed by atoms with Gasteiger partial charge in [0.15, 0.2) is 0 Å². The fraction of sp³-hybridized carbons (Fsp3) is 0.0204. The summed E-state index contributed by atoms with van der Waals surface area (Å²) >= 11 is 0. The molecule has 0 atom stereocenters. The first-order chi connectivity index (χ1) is 26.0. The Balaban J connectivity index is 1.17. The molecule has 7 aromatic carbocycles. The van der Waals surface area contributed by atoms with Crippen LogP contribution in [0.4, 0.5) is 0 Å². The van der Waals surface area contributed by atoms with Gasteiger partial charge in [0, 0.05) is 32.9 Å². The number of benzene rings is 7. The zero-order valence-electron chi connectivity index (χ0n) is 29.2. The molecule has 0 aliphatic heterocycles. The molecule has 2 N–H and O–H groups in total. The Bertz CT molecular complexity index is 2910. The highest BCUT2D eigenvalue weighted by Crippen LogP contribution is 2.40. The lowest BCUT2D eigenvalue weighted by Gasteiger charge is -2.11. The number of phenols is 2. The first-order valence-corrected chi connectivity index (χ1v) is 17.8. The second kappa shape index (κ2) is 12.9. The number of hydrogen-bond donors (Lipinski definition) is 2. The van der Waals surface area contributed by atoms with Crippen molar-refractivity contribution in [1.29, 1.82) is 0 Å². The number of allylic oxidation sites excluding steroid dienone is 5. The summed E-state index contributed by atoms with van der Waals surface area (Å²) in [7, 11) is 0. The summed E-state index contributed by atoms with van der Waals surface area (Å²) in [6.45, 7) is 5.90. The fourth-order valence-corrected chi connectivity index (χ4v) is 7.73. The van der Waals surface area contributed by atoms with E-state index in [0.717, 1.165) is 82.8 Å². The Hall–Kier alpha value is -7.04. The van der Waals surface area contributed by atoms with Crippen LogP contribution in [0.3, 0.4) is 0 Å². The maximum atomic E-state index is 10.6. The topological polar surface area (TPSA) is 50.3 Å². The smallest absolute Gasteiger partial charge is 0.116 e. The van der Waals surface area contributed by atoms with E-state index in [1.165, 1.54) is 5.56 Å². The van der Waals surface area contributed by atoms with Gasteiger partial charge in [0.05, 0.1) is 22.1 Å². The highest BCUT2D eigenvalue weighted by molar-refractivity contribution is 6.13. The van der Waals surface area contributed by atoms with Crippen molar-refractivity contribution < 1.29 is 10.2 Å². The maximum Gasteiger partial charge on any atom is 0.116 e. The van der Waals surface area contributed by atoms with Crippen molar-refractivity contribution in [3.8, 4) is 45.1 Å². The van der Waals surface area contributed by atoms with Crippen LogP contribution in [0, 0.1) is 0 Å². The number of phenolic OH excluding ortho intramolecular Hbond substituents is 2. The SMILES string of the molecule is C=C/C=C(\C=C/C)c1ccc(-n2c3ccc(O)cc3c3cc(-c4ccc5c(c4)c4cc(O)ccc4n5-c4ccc(-c5ccccc5)cc4)ccc32)cc1. The van der Waals surface area contributed by atoms with Gasteiger partial charge in [-0.25, -0.2) is 0 Å². The van der Waals surface area contributed by atoms with E-state index in [0.29, 0.717) is 0 Å². The van der Waals surface area contributed by atoms with Crippen molar-refractivity contribution in [2.45, 2.75) is 6.92 Å². The van der Waals surface area contributed by atoms with Gasteiger partial charge in [0.1, 0.15) is 11.5 Å². The number of fused-ring (bicyclic) bond motifs is 6. The summed E-state index contributed by atoms with van der Waals surface area (Å²) in [5.74, 6) is 0.465. The molecule has 9 aromatic rings. The van der Waals surface area contributed by atoms with E-state index in [9.17, 15) is 10.2 Å². The Morgan fingerprint density at radius 3 is 1.42 bits per heavy atom. The molecule has 0 unspecified atom stereocenters. The van der Waals surface area contributed by atoms with Gasteiger partial charge in [-0.2, -0.15) is 0 Å². The minimum absolute atomic E-state index is 0.230. The zero-order valence-corrected chi connectivity index (χ0v) is 29.2. The first kappa shape index (κ1) is 31.9. The Morgan fingerprint density at radius 1 is 0.491 bits per heavy atom. The minimum atomic E-state index is 0.230. The lowest BCUT2D eigenvalue weighted by molar-refractivity contribution is 0.475. The molecule has 0 amide bonds. The molecule has 4 nitrogen and oxygen atoms in total. The van der Waals surface area contributed by atoms with Crippen LogP contribution >= 0.6 is 0 Å². The average molecular weight is 685 g/mol. The summed E-state index contributed by atoms with van der Waals surface area (Å²) in [6.07, 6.45) is 7.94. The largest absolute Gasteiger partial charge is 0.508 e. The van der Waals surface area contributed by atoms with Gasteiger partial charge < -0.3 is 19.3 Å². The minimum Gasteiger partial charge on any atom is -0.508 e. The van der Waals surface area contributed by atoms with E-state index in [1.54, 1.807) is 12.1 Å². The second-order valence-electron chi connectivity index (χ2n) is 13.4. The maximum absolute atomic E-state index is 10.6. The quantitative estimate of drug-likeness (QED) is 0.164. The van der Waals surface area contributed by atoms with Crippen LogP contribution in [0.25, 0.3) is 82.8 Å². The highest BCUT2D eigenvalue weighted by Gasteiger charge is 2.17. The monoisotopic (exact) mass is 684 g/mol. The summed E-state index contributed by atoms with van der Waals surface area (Å²) in [4.78, 5) is 0. The van der Waals surface area contributed by atoms with E-state index in [4.69, 9.17) is 0 Å². The predicted molar refractivity (Wildman–Crippen MR) is 222 cm³/mol. The van der Waals surface area contributed by atoms with Gasteiger partial charge >= 0.3 is 0 Å². The summed E-state index contributed by atoms with van der Waals surface area (Å²) < 4.78 is 4.52. The lowest BCUT2D eigenvalue weighted by atomic mass is 10.0. The van der Waals surface area contributed by atoms with E-state index < -0.39 is 0 Å². The van der Waals surface area contributed by atoms with Crippen molar-refractivity contribution in [2.24, 2.45) is 0 Å². The normalized spacial score (nSPS) is 12.1. The van der Waals surface area contributed by atoms with E-state index in [-0.39, 0.29) is 11.5 Å². The van der Waals surface area contributed by atoms with Crippen LogP contribution in [-0.2, 0) is 0 Å². The van der Waals surface area contributed by atoms with Crippen LogP contribution in [0.2, 0.25) is 0 Å². The van der Waals surface area contributed by atoms with Gasteiger partial charge in [0.2, 0.25) is 0 Å². The molecule has 4 heteroatoms. The molecule has 0 radical (unpaired) electrons. The molecular formula is C49H36N2O2. The molecule has 0 saturated heterocycles. The number of aromatic hydroxyl groups is 2. The van der Waals surface area contributed by atoms with Crippen LogP contribution in [-0.4, -0.2) is 19.3 Å². The molecule has 0 saturated carbocycles. The van der Waals surface area contributed by atoms with Crippen LogP contribution in [0.15, 0.2) is 183 Å². The standard InChI is InChI=1S/C49H36N2O2/c1-3-8-32(9-4-2)34-12-18-38(19-13-34)50-46-24-16-36(28-42(46)44-30-40(52)22-26-48(44)50)37-17-25-47-43(29-37)45-31-41(53)23-27-49(45)51(47)39-20-14-35(15-21-39)33-10-6-5-7-11-33/h3-31,52-53H,1H2,2H3/b9-4-,32-8+. The van der Waals surface area contributed by atoms with Crippen molar-refractivity contribution in [3.05, 3.63) is 188 Å². The van der Waals surface area contributed by atoms with Gasteiger partial charge in [0.25, 0.3) is 0 Å². The average Bonchev–Trinajstić information content (AvgIpc) is 3.69. The number of rotatable bonds is 7. The van der Waals surface area contributed by atoms with E-state index >= 15 is 0 Å². The van der Waals surface area contributed by atoms with Gasteiger partial charge in [-0.15, -0.1) is 0 Å². The third-order valence-corrected chi connectivity index (χ3v) is 10.2. The molecular weight excluding hydrogens is 649 g/mol. The Morgan fingerprint density at radius 2 is 0.925 bits per heavy atom. The molecule has 53 heavy (non-hydrogen) atoms. The van der Waals surface area contributed by atoms with E-state index in [1.807, 2.05) is 55.5 Å². The van der Waals surface area contributed by atoms with Crippen LogP contribution in [0.1, 0.15) is 12.5 Å². The van der Waals surface area contributed by atoms with Crippen molar-refractivity contribution in [3.63, 3.8) is 0 Å². The molecule has 9 rings (SSSR count). The molecule has 2 heterocycles. The van der Waals surface area contributed by atoms with Gasteiger partial charge in [-0.05, 0) is 125 Å². The molecule has 0 aliphatic carbocycles. The highest BCUT2D eigenvalue weighted by atomic mass is 16.3. The van der Waals surface area contributed by atoms with E-state index in [2.05, 4.69) is 131 Å². The van der Waals surface area contributed by atoms with Crippen LogP contribution < -0.4 is 0 Å². The van der Waals surface area contributed by atoms with Crippen LogP contribution in [0.5, 0.6) is 11.5 Å². The molecule has 2 aromatic heterocycles. The number of hydrogen-bond acceptors (Lipinski definition) is 2. The second-order valence-corrected chi connectivity index (χ2v) is 13.4. The van der Waals surface area contributed by atoms with Crippen molar-refractivity contribution in [2.75, 3.05) is 0 Å². The Kier molecular flexibility index (Phi) is 7.79. The third kappa shape index (κ3) is 5.49. The first-order valence-electron chi connectivity index (χ1n) is 17.8. The lowest BCUT2D eigenvalue weighted by Crippen LogP contribution is -1.94. The van der Waals surface area contributed by atoms with Crippen molar-refractivity contribution in [1.82, 2.24) is 9.13 Å². The zero-order chi connectivity index (χ0) is 36.1.